The summed E-state index contributed by atoms with van der Waals surface area (Å²) in [6.45, 7) is 1.57. The lowest BCUT2D eigenvalue weighted by Crippen LogP contribution is -2.62. The summed E-state index contributed by atoms with van der Waals surface area (Å²) in [4.78, 5) is 43.1. The molecule has 0 aromatic heterocycles. The van der Waals surface area contributed by atoms with Crippen molar-refractivity contribution in [3.8, 4) is 0 Å². The average molecular weight is 541 g/mol. The number of fused-ring (bicyclic) bond motifs is 1. The molecule has 0 spiro atoms. The number of hydrazone groups is 1. The maximum Gasteiger partial charge on any atom is 0.267 e. The molecule has 0 unspecified atom stereocenters. The van der Waals surface area contributed by atoms with Crippen LogP contribution in [0.1, 0.15) is 32.1 Å². The zero-order valence-electron chi connectivity index (χ0n) is 21.0. The highest BCUT2D eigenvalue weighted by atomic mass is 32.2. The van der Waals surface area contributed by atoms with Gasteiger partial charge >= 0.3 is 0 Å². The lowest BCUT2D eigenvalue weighted by molar-refractivity contribution is -0.152. The van der Waals surface area contributed by atoms with Gasteiger partial charge in [-0.1, -0.05) is 30.3 Å². The van der Waals surface area contributed by atoms with E-state index in [-0.39, 0.29) is 23.4 Å². The Kier molecular flexibility index (Phi) is 7.24. The molecule has 2 atom stereocenters. The number of piperidine rings is 1. The number of carbonyl (C=O) groups excluding carboxylic acids is 3. The smallest absolute Gasteiger partial charge is 0.267 e. The highest BCUT2D eigenvalue weighted by Crippen LogP contribution is 2.33. The van der Waals surface area contributed by atoms with Crippen LogP contribution in [0.5, 0.6) is 0 Å². The Bertz CT molecular complexity index is 1380. The summed E-state index contributed by atoms with van der Waals surface area (Å²) in [5.74, 6) is 3.73. The SMILES string of the molecule is NN=CN1CCC[C@@H](CNC(=O)C[C@H]2C(=O)N(C3CC3)CC(=O)N2S(=O)(=O)c2ccc3ccccc3c2)C1. The molecule has 3 fully saturated rings. The van der Waals surface area contributed by atoms with Crippen LogP contribution >= 0.6 is 0 Å². The second kappa shape index (κ2) is 10.6. The number of carbonyl (C=O) groups is 3. The van der Waals surface area contributed by atoms with Gasteiger partial charge in [-0.25, -0.2) is 12.7 Å². The molecule has 11 nitrogen and oxygen atoms in total. The van der Waals surface area contributed by atoms with Gasteiger partial charge in [0.2, 0.25) is 11.8 Å². The van der Waals surface area contributed by atoms with Crippen LogP contribution in [0.3, 0.4) is 0 Å². The highest BCUT2D eigenvalue weighted by Gasteiger charge is 2.50. The third kappa shape index (κ3) is 5.31. The summed E-state index contributed by atoms with van der Waals surface area (Å²) in [5, 5.41) is 7.95. The van der Waals surface area contributed by atoms with Crippen LogP contribution in [0.2, 0.25) is 0 Å². The van der Waals surface area contributed by atoms with Crippen molar-refractivity contribution in [1.29, 1.82) is 0 Å². The second-order valence-electron chi connectivity index (χ2n) is 10.2. The minimum Gasteiger partial charge on any atom is -0.361 e. The summed E-state index contributed by atoms with van der Waals surface area (Å²) in [5.41, 5.74) is 0. The van der Waals surface area contributed by atoms with Crippen molar-refractivity contribution in [2.24, 2.45) is 16.9 Å². The van der Waals surface area contributed by atoms with E-state index in [0.29, 0.717) is 22.8 Å². The Morgan fingerprint density at radius 1 is 1.11 bits per heavy atom. The number of likely N-dealkylation sites (tertiary alicyclic amines) is 1. The fourth-order valence-electron chi connectivity index (χ4n) is 5.34. The topological polar surface area (TPSA) is 145 Å². The van der Waals surface area contributed by atoms with Crippen molar-refractivity contribution in [3.05, 3.63) is 42.5 Å². The van der Waals surface area contributed by atoms with Gasteiger partial charge in [0.05, 0.1) is 11.3 Å². The monoisotopic (exact) mass is 540 g/mol. The summed E-state index contributed by atoms with van der Waals surface area (Å²) in [6, 6.07) is 10.4. The van der Waals surface area contributed by atoms with Gasteiger partial charge in [-0.15, -0.1) is 0 Å². The molecule has 2 aliphatic heterocycles. The van der Waals surface area contributed by atoms with Crippen molar-refractivity contribution in [1.82, 2.24) is 19.4 Å². The van der Waals surface area contributed by atoms with E-state index in [9.17, 15) is 22.8 Å². The van der Waals surface area contributed by atoms with Crippen molar-refractivity contribution in [2.75, 3.05) is 26.2 Å². The van der Waals surface area contributed by atoms with Crippen molar-refractivity contribution in [2.45, 2.75) is 49.1 Å². The minimum atomic E-state index is -4.38. The number of hydrogen-bond donors (Lipinski definition) is 2. The van der Waals surface area contributed by atoms with E-state index in [1.165, 1.54) is 17.0 Å². The van der Waals surface area contributed by atoms with E-state index in [2.05, 4.69) is 10.4 Å². The van der Waals surface area contributed by atoms with Crippen molar-refractivity contribution < 1.29 is 22.8 Å². The first-order valence-electron chi connectivity index (χ1n) is 12.9. The third-order valence-corrected chi connectivity index (χ3v) is 9.24. The van der Waals surface area contributed by atoms with E-state index in [0.717, 1.165) is 37.6 Å². The van der Waals surface area contributed by atoms with Gasteiger partial charge in [-0.05, 0) is 54.5 Å². The highest BCUT2D eigenvalue weighted by molar-refractivity contribution is 7.89. The number of nitrogens with two attached hydrogens (primary N) is 1. The average Bonchev–Trinajstić information content (AvgIpc) is 3.75. The molecule has 3 N–H and O–H groups in total. The molecule has 1 aliphatic carbocycles. The lowest BCUT2D eigenvalue weighted by atomic mass is 9.98. The van der Waals surface area contributed by atoms with E-state index in [1.54, 1.807) is 24.5 Å². The summed E-state index contributed by atoms with van der Waals surface area (Å²) in [6.07, 6.45) is 4.51. The number of amides is 3. The van der Waals surface area contributed by atoms with Crippen LogP contribution in [0.4, 0.5) is 0 Å². The van der Waals surface area contributed by atoms with Gasteiger partial charge in [-0.3, -0.25) is 14.4 Å². The predicted octanol–water partition coefficient (Wildman–Crippen LogP) is 0.851. The molecule has 2 aromatic carbocycles. The Hall–Kier alpha value is -3.67. The van der Waals surface area contributed by atoms with Crippen molar-refractivity contribution in [3.63, 3.8) is 0 Å². The summed E-state index contributed by atoms with van der Waals surface area (Å²) < 4.78 is 28.1. The predicted molar refractivity (Wildman–Crippen MR) is 141 cm³/mol. The Balaban J connectivity index is 1.36. The molecule has 2 heterocycles. The minimum absolute atomic E-state index is 0.0834. The van der Waals surface area contributed by atoms with Gasteiger partial charge < -0.3 is 21.0 Å². The first-order valence-corrected chi connectivity index (χ1v) is 14.3. The van der Waals surface area contributed by atoms with Gasteiger partial charge in [0.15, 0.2) is 0 Å². The number of hydrogen-bond acceptors (Lipinski definition) is 7. The van der Waals surface area contributed by atoms with Crippen molar-refractivity contribution >= 4 is 44.9 Å². The van der Waals surface area contributed by atoms with Gasteiger partial charge in [-0.2, -0.15) is 5.10 Å². The number of rotatable bonds is 8. The molecule has 2 aromatic rings. The molecule has 1 saturated carbocycles. The lowest BCUT2D eigenvalue weighted by Gasteiger charge is -2.39. The maximum absolute atomic E-state index is 13.7. The van der Waals surface area contributed by atoms with Gasteiger partial charge in [0.25, 0.3) is 15.9 Å². The molecule has 3 amide bonds. The summed E-state index contributed by atoms with van der Waals surface area (Å²) in [7, 11) is -4.38. The Labute approximate surface area is 221 Å². The standard InChI is InChI=1S/C26H32N6O5S/c27-29-17-30-11-3-4-18(15-30)14-28-24(33)13-23-26(35)31(21-8-9-21)16-25(34)32(23)38(36,37)22-10-7-19-5-1-2-6-20(19)12-22/h1-2,5-7,10,12,17-18,21,23H,3-4,8-9,11,13-16,27H2,(H,28,33)/t18-,23-/m0/s1. The van der Waals surface area contributed by atoms with Crippen LogP contribution < -0.4 is 11.2 Å². The fraction of sp³-hybridized carbons (Fsp3) is 0.462. The zero-order chi connectivity index (χ0) is 26.9. The maximum atomic E-state index is 13.7. The van der Waals surface area contributed by atoms with E-state index < -0.39 is 40.2 Å². The van der Waals surface area contributed by atoms with Crippen LogP contribution in [-0.2, 0) is 24.4 Å². The number of benzene rings is 2. The molecule has 12 heteroatoms. The normalized spacial score (nSPS) is 22.9. The van der Waals surface area contributed by atoms with Crippen LogP contribution in [0.25, 0.3) is 10.8 Å². The number of sulfonamides is 1. The molecule has 202 valence electrons. The molecule has 0 bridgehead atoms. The first-order chi connectivity index (χ1) is 18.3. The molecule has 0 radical (unpaired) electrons. The number of nitrogens with zero attached hydrogens (tertiary/aromatic N) is 4. The second-order valence-corrected chi connectivity index (χ2v) is 12.0. The fourth-order valence-corrected chi connectivity index (χ4v) is 6.90. The van der Waals surface area contributed by atoms with Crippen LogP contribution in [0, 0.1) is 5.92 Å². The van der Waals surface area contributed by atoms with Gasteiger partial charge in [0.1, 0.15) is 18.9 Å². The molecule has 2 saturated heterocycles. The zero-order valence-corrected chi connectivity index (χ0v) is 21.8. The first kappa shape index (κ1) is 26.0. The molecular weight excluding hydrogens is 508 g/mol. The quantitative estimate of drug-likeness (QED) is 0.218. The largest absolute Gasteiger partial charge is 0.361 e. The molecule has 38 heavy (non-hydrogen) atoms. The van der Waals surface area contributed by atoms with Crippen LogP contribution in [-0.4, -0.2) is 84.8 Å². The molecular formula is C26H32N6O5S. The molecule has 5 rings (SSSR count). The Morgan fingerprint density at radius 3 is 2.61 bits per heavy atom. The number of piperazine rings is 1. The third-order valence-electron chi connectivity index (χ3n) is 7.42. The van der Waals surface area contributed by atoms with E-state index in [1.807, 2.05) is 17.0 Å². The van der Waals surface area contributed by atoms with Gasteiger partial charge in [0, 0.05) is 25.7 Å². The van der Waals surface area contributed by atoms with Crippen LogP contribution in [0.15, 0.2) is 52.5 Å². The summed E-state index contributed by atoms with van der Waals surface area (Å²) >= 11 is 0. The Morgan fingerprint density at radius 2 is 1.87 bits per heavy atom. The van der Waals surface area contributed by atoms with E-state index in [4.69, 9.17) is 5.84 Å². The van der Waals surface area contributed by atoms with E-state index >= 15 is 0 Å². The molecule has 3 aliphatic rings. The number of nitrogens with one attached hydrogen (secondary N) is 1.